The normalized spacial score (nSPS) is 10.6. The summed E-state index contributed by atoms with van der Waals surface area (Å²) in [7, 11) is 0. The van der Waals surface area contributed by atoms with Crippen molar-refractivity contribution in [2.24, 2.45) is 0 Å². The van der Waals surface area contributed by atoms with Crippen LogP contribution in [0, 0.1) is 6.92 Å². The van der Waals surface area contributed by atoms with Gasteiger partial charge in [0.15, 0.2) is 0 Å². The summed E-state index contributed by atoms with van der Waals surface area (Å²) in [5, 5.41) is 18.8. The van der Waals surface area contributed by atoms with Crippen molar-refractivity contribution in [3.63, 3.8) is 0 Å². The van der Waals surface area contributed by atoms with Crippen molar-refractivity contribution in [1.29, 1.82) is 0 Å². The van der Waals surface area contributed by atoms with Crippen LogP contribution < -0.4 is 5.56 Å². The summed E-state index contributed by atoms with van der Waals surface area (Å²) >= 11 is 0. The summed E-state index contributed by atoms with van der Waals surface area (Å²) in [5.41, 5.74) is -0.341. The Bertz CT molecular complexity index is 560. The molecule has 0 saturated carbocycles. The van der Waals surface area contributed by atoms with Crippen LogP contribution >= 0.6 is 0 Å². The molecule has 5 nitrogen and oxygen atoms in total. The predicted octanol–water partition coefficient (Wildman–Crippen LogP) is 0.643. The van der Waals surface area contributed by atoms with E-state index in [2.05, 4.69) is 9.97 Å². The SMILES string of the molecule is Cc1nc2c(O)ccc(O)c2c(=O)[nH]1. The molecule has 3 N–H and O–H groups in total. The number of benzene rings is 1. The quantitative estimate of drug-likeness (QED) is 0.534. The first-order valence-electron chi connectivity index (χ1n) is 4.01. The smallest absolute Gasteiger partial charge is 0.262 e. The lowest BCUT2D eigenvalue weighted by molar-refractivity contribution is 0.468. The van der Waals surface area contributed by atoms with Gasteiger partial charge in [-0.15, -0.1) is 0 Å². The van der Waals surface area contributed by atoms with E-state index in [-0.39, 0.29) is 22.4 Å². The van der Waals surface area contributed by atoms with Crippen molar-refractivity contribution in [3.8, 4) is 11.5 Å². The molecule has 2 aromatic rings. The van der Waals surface area contributed by atoms with Crippen LogP contribution in [-0.4, -0.2) is 20.2 Å². The largest absolute Gasteiger partial charge is 0.507 e. The van der Waals surface area contributed by atoms with Crippen LogP contribution in [0.3, 0.4) is 0 Å². The highest BCUT2D eigenvalue weighted by molar-refractivity contribution is 5.88. The third kappa shape index (κ3) is 1.10. The lowest BCUT2D eigenvalue weighted by Gasteiger charge is -2.02. The van der Waals surface area contributed by atoms with Crippen molar-refractivity contribution in [2.45, 2.75) is 6.92 Å². The number of rotatable bonds is 0. The molecule has 0 aliphatic rings. The summed E-state index contributed by atoms with van der Waals surface area (Å²) in [5.74, 6) is 0.0851. The lowest BCUT2D eigenvalue weighted by Crippen LogP contribution is -2.09. The zero-order chi connectivity index (χ0) is 10.3. The van der Waals surface area contributed by atoms with E-state index in [0.717, 1.165) is 0 Å². The molecule has 1 aromatic heterocycles. The average Bonchev–Trinajstić information content (AvgIpc) is 2.10. The number of nitrogens with one attached hydrogen (secondary N) is 1. The zero-order valence-corrected chi connectivity index (χ0v) is 7.40. The highest BCUT2D eigenvalue weighted by Crippen LogP contribution is 2.26. The van der Waals surface area contributed by atoms with E-state index in [1.54, 1.807) is 6.92 Å². The van der Waals surface area contributed by atoms with Crippen molar-refractivity contribution in [2.75, 3.05) is 0 Å². The molecular formula is C9H8N2O3. The summed E-state index contributed by atoms with van der Waals surface area (Å²) in [6, 6.07) is 2.55. The second kappa shape index (κ2) is 2.73. The van der Waals surface area contributed by atoms with Gasteiger partial charge in [0.2, 0.25) is 0 Å². The minimum atomic E-state index is -0.457. The fraction of sp³-hybridized carbons (Fsp3) is 0.111. The molecule has 0 amide bonds. The van der Waals surface area contributed by atoms with Gasteiger partial charge in [-0.3, -0.25) is 4.79 Å². The molecule has 0 bridgehead atoms. The maximum atomic E-state index is 11.4. The molecule has 72 valence electrons. The van der Waals surface area contributed by atoms with Gasteiger partial charge in [-0.25, -0.2) is 4.98 Å². The molecule has 0 unspecified atom stereocenters. The molecule has 1 heterocycles. The van der Waals surface area contributed by atoms with Crippen LogP contribution in [0.2, 0.25) is 0 Å². The van der Waals surface area contributed by atoms with Crippen molar-refractivity contribution >= 4 is 10.9 Å². The monoisotopic (exact) mass is 192 g/mol. The Balaban J connectivity index is 3.08. The maximum absolute atomic E-state index is 11.4. The number of nitrogens with zero attached hydrogens (tertiary/aromatic N) is 1. The number of aromatic hydroxyl groups is 2. The van der Waals surface area contributed by atoms with E-state index in [1.165, 1.54) is 12.1 Å². The van der Waals surface area contributed by atoms with Crippen molar-refractivity contribution < 1.29 is 10.2 Å². The maximum Gasteiger partial charge on any atom is 0.262 e. The summed E-state index contributed by atoms with van der Waals surface area (Å²) in [4.78, 5) is 17.8. The Morgan fingerprint density at radius 2 is 1.93 bits per heavy atom. The second-order valence-corrected chi connectivity index (χ2v) is 2.98. The number of H-pyrrole nitrogens is 1. The Hall–Kier alpha value is -2.04. The Morgan fingerprint density at radius 1 is 1.29 bits per heavy atom. The van der Waals surface area contributed by atoms with E-state index in [0.29, 0.717) is 5.82 Å². The Labute approximate surface area is 78.7 Å². The molecule has 0 fully saturated rings. The van der Waals surface area contributed by atoms with E-state index >= 15 is 0 Å². The molecule has 0 aliphatic heterocycles. The van der Waals surface area contributed by atoms with Gasteiger partial charge in [-0.05, 0) is 19.1 Å². The molecule has 2 rings (SSSR count). The van der Waals surface area contributed by atoms with Crippen molar-refractivity contribution in [3.05, 3.63) is 28.3 Å². The third-order valence-corrected chi connectivity index (χ3v) is 1.94. The van der Waals surface area contributed by atoms with E-state index in [9.17, 15) is 15.0 Å². The topological polar surface area (TPSA) is 86.2 Å². The van der Waals surface area contributed by atoms with Crippen molar-refractivity contribution in [1.82, 2.24) is 9.97 Å². The number of phenols is 2. The van der Waals surface area contributed by atoms with Gasteiger partial charge in [0, 0.05) is 0 Å². The van der Waals surface area contributed by atoms with Gasteiger partial charge >= 0.3 is 0 Å². The number of fused-ring (bicyclic) bond motifs is 1. The number of hydrogen-bond donors (Lipinski definition) is 3. The van der Waals surface area contributed by atoms with Crippen LogP contribution in [0.4, 0.5) is 0 Å². The molecule has 0 atom stereocenters. The fourth-order valence-corrected chi connectivity index (χ4v) is 1.33. The molecule has 5 heteroatoms. The average molecular weight is 192 g/mol. The van der Waals surface area contributed by atoms with E-state index < -0.39 is 5.56 Å². The molecule has 0 aliphatic carbocycles. The lowest BCUT2D eigenvalue weighted by atomic mass is 10.2. The molecule has 0 saturated heterocycles. The molecule has 14 heavy (non-hydrogen) atoms. The van der Waals surface area contributed by atoms with Gasteiger partial charge in [-0.2, -0.15) is 0 Å². The molecule has 0 spiro atoms. The predicted molar refractivity (Wildman–Crippen MR) is 50.4 cm³/mol. The highest BCUT2D eigenvalue weighted by Gasteiger charge is 2.09. The number of aromatic nitrogens is 2. The Kier molecular flexibility index (Phi) is 1.67. The minimum Gasteiger partial charge on any atom is -0.507 e. The zero-order valence-electron chi connectivity index (χ0n) is 7.40. The summed E-state index contributed by atoms with van der Waals surface area (Å²) in [6.45, 7) is 1.60. The van der Waals surface area contributed by atoms with E-state index in [1.807, 2.05) is 0 Å². The molecule has 1 aromatic carbocycles. The van der Waals surface area contributed by atoms with Gasteiger partial charge in [0.05, 0.1) is 0 Å². The number of phenolic OH excluding ortho intramolecular Hbond substituents is 2. The fourth-order valence-electron chi connectivity index (χ4n) is 1.33. The first-order chi connectivity index (χ1) is 6.59. The molecular weight excluding hydrogens is 184 g/mol. The summed E-state index contributed by atoms with van der Waals surface area (Å²) < 4.78 is 0. The van der Waals surface area contributed by atoms with Crippen LogP contribution in [0.25, 0.3) is 10.9 Å². The Morgan fingerprint density at radius 3 is 2.64 bits per heavy atom. The van der Waals surface area contributed by atoms with E-state index in [4.69, 9.17) is 0 Å². The number of aryl methyl sites for hydroxylation is 1. The first-order valence-corrected chi connectivity index (χ1v) is 4.01. The molecule has 0 radical (unpaired) electrons. The highest BCUT2D eigenvalue weighted by atomic mass is 16.3. The minimum absolute atomic E-state index is 0.00981. The van der Waals surface area contributed by atoms with Gasteiger partial charge in [-0.1, -0.05) is 0 Å². The van der Waals surface area contributed by atoms with Gasteiger partial charge < -0.3 is 15.2 Å². The standard InChI is InChI=1S/C9H8N2O3/c1-4-10-8-6(13)3-2-5(12)7(8)9(14)11-4/h2-3,12-13H,1H3,(H,10,11,14). The van der Waals surface area contributed by atoms with Gasteiger partial charge in [0.1, 0.15) is 28.2 Å². The van der Waals surface area contributed by atoms with Gasteiger partial charge in [0.25, 0.3) is 5.56 Å². The second-order valence-electron chi connectivity index (χ2n) is 2.98. The summed E-state index contributed by atoms with van der Waals surface area (Å²) in [6.07, 6.45) is 0. The van der Waals surface area contributed by atoms with Crippen LogP contribution in [0.1, 0.15) is 5.82 Å². The van der Waals surface area contributed by atoms with Crippen LogP contribution in [0.5, 0.6) is 11.5 Å². The van der Waals surface area contributed by atoms with Crippen LogP contribution in [0.15, 0.2) is 16.9 Å². The third-order valence-electron chi connectivity index (χ3n) is 1.94. The number of hydrogen-bond acceptors (Lipinski definition) is 4. The first kappa shape index (κ1) is 8.55. The van der Waals surface area contributed by atoms with Crippen LogP contribution in [-0.2, 0) is 0 Å². The number of aromatic amines is 1.